The molecule has 0 fully saturated rings. The lowest BCUT2D eigenvalue weighted by Crippen LogP contribution is -2.05. The number of anilines is 1. The molecule has 0 amide bonds. The van der Waals surface area contributed by atoms with Gasteiger partial charge in [0.1, 0.15) is 0 Å². The van der Waals surface area contributed by atoms with Gasteiger partial charge in [0.2, 0.25) is 0 Å². The number of carbonyl (C=O) groups is 1. The number of benzene rings is 2. The molecule has 0 aliphatic carbocycles. The highest BCUT2D eigenvalue weighted by Gasteiger charge is 2.10. The molecule has 0 heterocycles. The molecule has 0 unspecified atom stereocenters. The second-order valence-corrected chi connectivity index (χ2v) is 6.55. The Bertz CT molecular complexity index is 769. The minimum Gasteiger partial charge on any atom is -0.490 e. The van der Waals surface area contributed by atoms with Crippen molar-refractivity contribution >= 4 is 41.1 Å². The molecule has 25 heavy (non-hydrogen) atoms. The number of para-hydroxylation sites is 1. The van der Waals surface area contributed by atoms with Crippen molar-refractivity contribution in [3.8, 4) is 5.75 Å². The first-order valence-electron chi connectivity index (χ1n) is 7.61. The van der Waals surface area contributed by atoms with Gasteiger partial charge in [-0.15, -0.1) is 0 Å². The number of hydrogen-bond donors (Lipinski definition) is 2. The number of nitrogens with one attached hydrogen (secondary N) is 1. The molecule has 0 saturated heterocycles. The van der Waals surface area contributed by atoms with E-state index in [-0.39, 0.29) is 5.56 Å². The minimum absolute atomic E-state index is 0.133. The summed E-state index contributed by atoms with van der Waals surface area (Å²) in [6, 6.07) is 9.85. The van der Waals surface area contributed by atoms with E-state index in [1.807, 2.05) is 13.8 Å². The van der Waals surface area contributed by atoms with Crippen molar-refractivity contribution in [3.63, 3.8) is 0 Å². The normalized spacial score (nSPS) is 11.1. The first-order valence-corrected chi connectivity index (χ1v) is 8.37. The molecule has 7 heteroatoms. The van der Waals surface area contributed by atoms with E-state index in [4.69, 9.17) is 33.0 Å². The van der Waals surface area contributed by atoms with Crippen molar-refractivity contribution in [1.82, 2.24) is 0 Å². The van der Waals surface area contributed by atoms with Crippen molar-refractivity contribution in [1.29, 1.82) is 0 Å². The molecule has 132 valence electrons. The van der Waals surface area contributed by atoms with Gasteiger partial charge in [0.25, 0.3) is 0 Å². The number of halogens is 2. The summed E-state index contributed by atoms with van der Waals surface area (Å²) in [5.74, 6) is -0.235. The lowest BCUT2D eigenvalue weighted by Gasteiger charge is -2.12. The monoisotopic (exact) mass is 380 g/mol. The molecule has 5 nitrogen and oxygen atoms in total. The molecule has 0 atom stereocenters. The number of carboxylic acids is 1. The SMILES string of the molecule is CC(C)COc1c(Cl)cc(C=NNc2ccccc2C(=O)O)cc1Cl. The van der Waals surface area contributed by atoms with Crippen LogP contribution in [0.5, 0.6) is 5.75 Å². The molecule has 2 rings (SSSR count). The highest BCUT2D eigenvalue weighted by atomic mass is 35.5. The van der Waals surface area contributed by atoms with Crippen LogP contribution in [0.2, 0.25) is 10.0 Å². The molecule has 0 radical (unpaired) electrons. The quantitative estimate of drug-likeness (QED) is 0.513. The summed E-state index contributed by atoms with van der Waals surface area (Å²) in [6.45, 7) is 4.58. The molecular formula is C18H18Cl2N2O3. The van der Waals surface area contributed by atoms with E-state index in [0.717, 1.165) is 0 Å². The van der Waals surface area contributed by atoms with E-state index in [0.29, 0.717) is 39.6 Å². The van der Waals surface area contributed by atoms with Crippen LogP contribution in [-0.4, -0.2) is 23.9 Å². The van der Waals surface area contributed by atoms with Gasteiger partial charge in [-0.1, -0.05) is 49.2 Å². The highest BCUT2D eigenvalue weighted by molar-refractivity contribution is 6.37. The van der Waals surface area contributed by atoms with Crippen LogP contribution in [0.3, 0.4) is 0 Å². The number of hydrazone groups is 1. The topological polar surface area (TPSA) is 70.9 Å². The van der Waals surface area contributed by atoms with Gasteiger partial charge < -0.3 is 9.84 Å². The van der Waals surface area contributed by atoms with Crippen LogP contribution >= 0.6 is 23.2 Å². The Morgan fingerprint density at radius 3 is 2.52 bits per heavy atom. The van der Waals surface area contributed by atoms with Crippen LogP contribution in [-0.2, 0) is 0 Å². The van der Waals surface area contributed by atoms with Crippen molar-refractivity contribution in [3.05, 3.63) is 57.6 Å². The molecule has 2 aromatic carbocycles. The fourth-order valence-corrected chi connectivity index (χ4v) is 2.60. The Hall–Kier alpha value is -2.24. The van der Waals surface area contributed by atoms with Gasteiger partial charge in [0.15, 0.2) is 5.75 Å². The first-order chi connectivity index (χ1) is 11.9. The van der Waals surface area contributed by atoms with Gasteiger partial charge in [0, 0.05) is 0 Å². The van der Waals surface area contributed by atoms with E-state index < -0.39 is 5.97 Å². The van der Waals surface area contributed by atoms with Crippen LogP contribution in [0.1, 0.15) is 29.8 Å². The molecule has 0 aromatic heterocycles. The number of rotatable bonds is 7. The number of ether oxygens (including phenoxy) is 1. The zero-order valence-corrected chi connectivity index (χ0v) is 15.3. The molecule has 2 aromatic rings. The highest BCUT2D eigenvalue weighted by Crippen LogP contribution is 2.34. The third kappa shape index (κ3) is 5.37. The second kappa shape index (κ2) is 8.74. The van der Waals surface area contributed by atoms with E-state index in [1.165, 1.54) is 12.3 Å². The fourth-order valence-electron chi connectivity index (χ4n) is 1.99. The van der Waals surface area contributed by atoms with E-state index in [2.05, 4.69) is 10.5 Å². The van der Waals surface area contributed by atoms with Gasteiger partial charge in [-0.3, -0.25) is 5.43 Å². The summed E-state index contributed by atoms with van der Waals surface area (Å²) in [4.78, 5) is 11.2. The van der Waals surface area contributed by atoms with Crippen molar-refractivity contribution in [2.75, 3.05) is 12.0 Å². The first kappa shape index (κ1) is 19.1. The van der Waals surface area contributed by atoms with Crippen molar-refractivity contribution < 1.29 is 14.6 Å². The van der Waals surface area contributed by atoms with Crippen LogP contribution in [0, 0.1) is 5.92 Å². The average molecular weight is 381 g/mol. The van der Waals surface area contributed by atoms with Crippen molar-refractivity contribution in [2.45, 2.75) is 13.8 Å². The number of aromatic carboxylic acids is 1. The van der Waals surface area contributed by atoms with Crippen molar-refractivity contribution in [2.24, 2.45) is 11.0 Å². The summed E-state index contributed by atoms with van der Waals surface area (Å²) in [5, 5.41) is 14.0. The summed E-state index contributed by atoms with van der Waals surface area (Å²) < 4.78 is 5.61. The van der Waals surface area contributed by atoms with Gasteiger partial charge in [-0.2, -0.15) is 5.10 Å². The molecular weight excluding hydrogens is 363 g/mol. The Kier molecular flexibility index (Phi) is 6.67. The van der Waals surface area contributed by atoms with Gasteiger partial charge in [-0.25, -0.2) is 4.79 Å². The number of nitrogens with zero attached hydrogens (tertiary/aromatic N) is 1. The maximum Gasteiger partial charge on any atom is 0.337 e. The van der Waals surface area contributed by atoms with Crippen LogP contribution in [0.4, 0.5) is 5.69 Å². The molecule has 0 saturated carbocycles. The zero-order valence-electron chi connectivity index (χ0n) is 13.8. The van der Waals surface area contributed by atoms with E-state index in [1.54, 1.807) is 30.3 Å². The van der Waals surface area contributed by atoms with Gasteiger partial charge in [-0.05, 0) is 35.7 Å². The Balaban J connectivity index is 2.13. The predicted molar refractivity (Wildman–Crippen MR) is 101 cm³/mol. The third-order valence-corrected chi connectivity index (χ3v) is 3.70. The molecule has 0 spiro atoms. The summed E-state index contributed by atoms with van der Waals surface area (Å²) in [6.07, 6.45) is 1.50. The average Bonchev–Trinajstić information content (AvgIpc) is 2.54. The standard InChI is InChI=1S/C18H18Cl2N2O3/c1-11(2)10-25-17-14(19)7-12(8-15(17)20)9-21-22-16-6-4-3-5-13(16)18(23)24/h3-9,11,22H,10H2,1-2H3,(H,23,24). The lowest BCUT2D eigenvalue weighted by atomic mass is 10.2. The van der Waals surface area contributed by atoms with Crippen LogP contribution < -0.4 is 10.2 Å². The largest absolute Gasteiger partial charge is 0.490 e. The van der Waals surface area contributed by atoms with Crippen LogP contribution in [0.25, 0.3) is 0 Å². The van der Waals surface area contributed by atoms with E-state index >= 15 is 0 Å². The third-order valence-electron chi connectivity index (χ3n) is 3.14. The summed E-state index contributed by atoms with van der Waals surface area (Å²) >= 11 is 12.4. The zero-order chi connectivity index (χ0) is 18.4. The Morgan fingerprint density at radius 1 is 1.28 bits per heavy atom. The van der Waals surface area contributed by atoms with Gasteiger partial charge >= 0.3 is 5.97 Å². The van der Waals surface area contributed by atoms with Crippen LogP contribution in [0.15, 0.2) is 41.5 Å². The summed E-state index contributed by atoms with van der Waals surface area (Å²) in [5.41, 5.74) is 3.89. The maximum absolute atomic E-state index is 11.2. The number of hydrogen-bond acceptors (Lipinski definition) is 4. The molecule has 2 N–H and O–H groups in total. The lowest BCUT2D eigenvalue weighted by molar-refractivity contribution is 0.0698. The Morgan fingerprint density at radius 2 is 1.92 bits per heavy atom. The minimum atomic E-state index is -1.03. The van der Waals surface area contributed by atoms with Gasteiger partial charge in [0.05, 0.1) is 34.1 Å². The predicted octanol–water partition coefficient (Wildman–Crippen LogP) is 5.17. The Labute approximate surface area is 156 Å². The maximum atomic E-state index is 11.2. The second-order valence-electron chi connectivity index (χ2n) is 5.74. The molecule has 0 aliphatic heterocycles. The molecule has 0 aliphatic rings. The number of carboxylic acid groups (broad SMARTS) is 1. The van der Waals surface area contributed by atoms with E-state index in [9.17, 15) is 4.79 Å². The fraction of sp³-hybridized carbons (Fsp3) is 0.222. The summed E-state index contributed by atoms with van der Waals surface area (Å²) in [7, 11) is 0. The molecule has 0 bridgehead atoms. The smallest absolute Gasteiger partial charge is 0.337 e.